The molecule has 1 saturated heterocycles. The second-order valence-electron chi connectivity index (χ2n) is 10.1. The number of piperidine rings is 1. The Morgan fingerprint density at radius 1 is 0.946 bits per heavy atom. The van der Waals surface area contributed by atoms with Crippen LogP contribution in [0.1, 0.15) is 23.2 Å². The number of aromatic nitrogens is 1. The molecule has 1 fully saturated rings. The summed E-state index contributed by atoms with van der Waals surface area (Å²) in [6.45, 7) is 5.68. The molecule has 0 unspecified atom stereocenters. The van der Waals surface area contributed by atoms with Crippen molar-refractivity contribution in [3.05, 3.63) is 108 Å². The summed E-state index contributed by atoms with van der Waals surface area (Å²) in [6, 6.07) is 29.3. The maximum Gasteiger partial charge on any atom is 0.224 e. The monoisotopic (exact) mass is 493 g/mol. The van der Waals surface area contributed by atoms with Gasteiger partial charge in [-0.15, -0.1) is 0 Å². The van der Waals surface area contributed by atoms with Crippen molar-refractivity contribution >= 4 is 16.7 Å². The molecule has 0 aliphatic carbocycles. The fourth-order valence-corrected chi connectivity index (χ4v) is 5.21. The minimum absolute atomic E-state index is 0.0604. The van der Waals surface area contributed by atoms with E-state index in [1.54, 1.807) is 6.20 Å². The van der Waals surface area contributed by atoms with E-state index in [1.807, 2.05) is 37.3 Å². The van der Waals surface area contributed by atoms with Crippen molar-refractivity contribution in [2.75, 3.05) is 26.2 Å². The number of rotatable bonds is 9. The van der Waals surface area contributed by atoms with Gasteiger partial charge in [-0.05, 0) is 59.9 Å². The molecule has 1 aliphatic rings. The molecule has 5 rings (SSSR count). The van der Waals surface area contributed by atoms with Crippen LogP contribution in [0, 0.1) is 18.8 Å². The Labute approximate surface area is 219 Å². The number of hydrogen-bond donors (Lipinski definition) is 1. The second-order valence-corrected chi connectivity index (χ2v) is 10.1. The van der Waals surface area contributed by atoms with Crippen LogP contribution < -0.4 is 10.1 Å². The SMILES string of the molecule is Cc1ccc(OC[C@H]2C[C@@H](C(=O)NCCc3ccccc3)CN(Cc3ccc4ccccc4c3)C2)cn1. The third-order valence-corrected chi connectivity index (χ3v) is 7.13. The van der Waals surface area contributed by atoms with Gasteiger partial charge in [0.2, 0.25) is 5.91 Å². The fourth-order valence-electron chi connectivity index (χ4n) is 5.21. The summed E-state index contributed by atoms with van der Waals surface area (Å²) >= 11 is 0. The largest absolute Gasteiger partial charge is 0.492 e. The lowest BCUT2D eigenvalue weighted by Crippen LogP contribution is -2.47. The maximum atomic E-state index is 13.2. The van der Waals surface area contributed by atoms with E-state index in [0.717, 1.165) is 43.9 Å². The molecule has 0 saturated carbocycles. The van der Waals surface area contributed by atoms with E-state index in [4.69, 9.17) is 4.74 Å². The minimum atomic E-state index is -0.0604. The number of ether oxygens (including phenoxy) is 1. The van der Waals surface area contributed by atoms with Crippen LogP contribution in [-0.4, -0.2) is 42.0 Å². The first-order valence-electron chi connectivity index (χ1n) is 13.2. The van der Waals surface area contributed by atoms with Crippen LogP contribution in [0.2, 0.25) is 0 Å². The standard InChI is InChI=1S/C32H35N3O2/c1-24-11-14-31(19-34-24)37-23-27-18-30(32(36)33-16-15-25-7-3-2-4-8-25)22-35(21-27)20-26-12-13-28-9-5-6-10-29(28)17-26/h2-14,17,19,27,30H,15-16,18,20-23H2,1H3,(H,33,36)/t27-,30+/m0/s1. The number of nitrogens with zero attached hydrogens (tertiary/aromatic N) is 2. The molecule has 5 heteroatoms. The first-order valence-corrected chi connectivity index (χ1v) is 13.2. The van der Waals surface area contributed by atoms with Gasteiger partial charge in [-0.25, -0.2) is 0 Å². The van der Waals surface area contributed by atoms with Crippen molar-refractivity contribution in [2.45, 2.75) is 26.3 Å². The van der Waals surface area contributed by atoms with Gasteiger partial charge in [-0.1, -0.05) is 66.7 Å². The molecule has 4 aromatic rings. The van der Waals surface area contributed by atoms with Crippen molar-refractivity contribution in [2.24, 2.45) is 11.8 Å². The second kappa shape index (κ2) is 12.0. The summed E-state index contributed by atoms with van der Waals surface area (Å²) in [5.74, 6) is 1.12. The Bertz CT molecular complexity index is 1310. The summed E-state index contributed by atoms with van der Waals surface area (Å²) in [4.78, 5) is 20.0. The number of likely N-dealkylation sites (tertiary alicyclic amines) is 1. The fraction of sp³-hybridized carbons (Fsp3) is 0.312. The number of carbonyl (C=O) groups is 1. The summed E-state index contributed by atoms with van der Waals surface area (Å²) in [6.07, 6.45) is 3.44. The van der Waals surface area contributed by atoms with E-state index in [9.17, 15) is 4.79 Å². The number of aryl methyl sites for hydroxylation is 1. The van der Waals surface area contributed by atoms with Crippen LogP contribution in [0.5, 0.6) is 5.75 Å². The lowest BCUT2D eigenvalue weighted by Gasteiger charge is -2.37. The summed E-state index contributed by atoms with van der Waals surface area (Å²) in [7, 11) is 0. The third-order valence-electron chi connectivity index (χ3n) is 7.13. The van der Waals surface area contributed by atoms with Crippen molar-refractivity contribution < 1.29 is 9.53 Å². The Morgan fingerprint density at radius 3 is 2.57 bits per heavy atom. The molecule has 2 atom stereocenters. The first-order chi connectivity index (χ1) is 18.1. The molecule has 5 nitrogen and oxygen atoms in total. The molecule has 1 N–H and O–H groups in total. The number of carbonyl (C=O) groups excluding carboxylic acids is 1. The molecule has 37 heavy (non-hydrogen) atoms. The van der Waals surface area contributed by atoms with Gasteiger partial charge in [-0.2, -0.15) is 0 Å². The van der Waals surface area contributed by atoms with Gasteiger partial charge in [0, 0.05) is 37.8 Å². The van der Waals surface area contributed by atoms with Gasteiger partial charge in [0.1, 0.15) is 5.75 Å². The highest BCUT2D eigenvalue weighted by atomic mass is 16.5. The van der Waals surface area contributed by atoms with E-state index in [1.165, 1.54) is 21.9 Å². The molecule has 0 spiro atoms. The number of hydrogen-bond acceptors (Lipinski definition) is 4. The average Bonchev–Trinajstić information content (AvgIpc) is 2.93. The number of nitrogens with one attached hydrogen (secondary N) is 1. The van der Waals surface area contributed by atoms with Gasteiger partial charge in [0.15, 0.2) is 0 Å². The zero-order chi connectivity index (χ0) is 25.5. The highest BCUT2D eigenvalue weighted by Crippen LogP contribution is 2.26. The van der Waals surface area contributed by atoms with Crippen molar-refractivity contribution in [1.82, 2.24) is 15.2 Å². The number of benzene rings is 3. The van der Waals surface area contributed by atoms with E-state index in [2.05, 4.69) is 69.8 Å². The zero-order valence-corrected chi connectivity index (χ0v) is 21.5. The van der Waals surface area contributed by atoms with E-state index >= 15 is 0 Å². The first kappa shape index (κ1) is 25.0. The molecular formula is C32H35N3O2. The average molecular weight is 494 g/mol. The van der Waals surface area contributed by atoms with Gasteiger partial charge >= 0.3 is 0 Å². The molecule has 1 amide bonds. The molecule has 190 valence electrons. The quantitative estimate of drug-likeness (QED) is 0.338. The zero-order valence-electron chi connectivity index (χ0n) is 21.5. The maximum absolute atomic E-state index is 13.2. The normalized spacial score (nSPS) is 18.0. The van der Waals surface area contributed by atoms with Crippen LogP contribution >= 0.6 is 0 Å². The molecule has 3 aromatic carbocycles. The Morgan fingerprint density at radius 2 is 1.76 bits per heavy atom. The number of amides is 1. The Kier molecular flexibility index (Phi) is 8.11. The van der Waals surface area contributed by atoms with Gasteiger partial charge in [0.25, 0.3) is 0 Å². The predicted octanol–water partition coefficient (Wildman–Crippen LogP) is 5.42. The lowest BCUT2D eigenvalue weighted by atomic mass is 9.88. The predicted molar refractivity (Wildman–Crippen MR) is 148 cm³/mol. The van der Waals surface area contributed by atoms with Crippen molar-refractivity contribution in [1.29, 1.82) is 0 Å². The highest BCUT2D eigenvalue weighted by molar-refractivity contribution is 5.83. The van der Waals surface area contributed by atoms with Crippen molar-refractivity contribution in [3.8, 4) is 5.75 Å². The van der Waals surface area contributed by atoms with E-state index in [0.29, 0.717) is 13.2 Å². The van der Waals surface area contributed by atoms with Crippen molar-refractivity contribution in [3.63, 3.8) is 0 Å². The third kappa shape index (κ3) is 6.95. The summed E-state index contributed by atoms with van der Waals surface area (Å²) in [5, 5.41) is 5.69. The molecule has 1 aromatic heterocycles. The molecule has 0 radical (unpaired) electrons. The topological polar surface area (TPSA) is 54.5 Å². The van der Waals surface area contributed by atoms with Crippen LogP contribution in [0.3, 0.4) is 0 Å². The van der Waals surface area contributed by atoms with Gasteiger partial charge < -0.3 is 10.1 Å². The Balaban J connectivity index is 1.24. The molecule has 2 heterocycles. The summed E-state index contributed by atoms with van der Waals surface area (Å²) < 4.78 is 6.10. The summed E-state index contributed by atoms with van der Waals surface area (Å²) in [5.41, 5.74) is 3.48. The Hall–Kier alpha value is -3.70. The van der Waals surface area contributed by atoms with Gasteiger partial charge in [-0.3, -0.25) is 14.7 Å². The van der Waals surface area contributed by atoms with Crippen LogP contribution in [0.15, 0.2) is 91.1 Å². The van der Waals surface area contributed by atoms with Crippen LogP contribution in [0.4, 0.5) is 0 Å². The van der Waals surface area contributed by atoms with Gasteiger partial charge in [0.05, 0.1) is 18.7 Å². The van der Waals surface area contributed by atoms with Crippen LogP contribution in [-0.2, 0) is 17.8 Å². The lowest BCUT2D eigenvalue weighted by molar-refractivity contribution is -0.127. The molecule has 1 aliphatic heterocycles. The van der Waals surface area contributed by atoms with E-state index in [-0.39, 0.29) is 17.7 Å². The number of fused-ring (bicyclic) bond motifs is 1. The highest BCUT2D eigenvalue weighted by Gasteiger charge is 2.32. The van der Waals surface area contributed by atoms with Crippen LogP contribution in [0.25, 0.3) is 10.8 Å². The van der Waals surface area contributed by atoms with E-state index < -0.39 is 0 Å². The smallest absolute Gasteiger partial charge is 0.224 e. The molecular weight excluding hydrogens is 458 g/mol. The molecule has 0 bridgehead atoms. The minimum Gasteiger partial charge on any atom is -0.492 e. The number of pyridine rings is 1.